The van der Waals surface area contributed by atoms with Crippen molar-refractivity contribution in [3.63, 3.8) is 0 Å². The monoisotopic (exact) mass is 287 g/mol. The quantitative estimate of drug-likeness (QED) is 0.857. The Labute approximate surface area is 124 Å². The summed E-state index contributed by atoms with van der Waals surface area (Å²) in [6.07, 6.45) is 5.91. The van der Waals surface area contributed by atoms with Crippen LogP contribution in [0.1, 0.15) is 43.6 Å². The minimum Gasteiger partial charge on any atom is -0.384 e. The van der Waals surface area contributed by atoms with Crippen molar-refractivity contribution in [2.45, 2.75) is 33.2 Å². The molecule has 0 fully saturated rings. The van der Waals surface area contributed by atoms with Gasteiger partial charge in [0.15, 0.2) is 0 Å². The fourth-order valence-corrected chi connectivity index (χ4v) is 2.00. The average Bonchev–Trinajstić information content (AvgIpc) is 2.93. The number of pyridine rings is 1. The van der Waals surface area contributed by atoms with Gasteiger partial charge in [0.05, 0.1) is 17.4 Å². The number of rotatable bonds is 6. The Bertz CT molecular complexity index is 606. The molecule has 112 valence electrons. The smallest absolute Gasteiger partial charge is 0.260 e. The van der Waals surface area contributed by atoms with Gasteiger partial charge < -0.3 is 10.6 Å². The summed E-state index contributed by atoms with van der Waals surface area (Å²) < 4.78 is 1.77. The standard InChI is InChI=1S/C15H21N5O/c1-4-7-17-13-5-8-16-10-12(13)15(21)19-14-6-9-18-20(14)11(2)3/h5-6,8-11H,4,7H2,1-3H3,(H,16,17)(H,19,21). The number of hydrogen-bond donors (Lipinski definition) is 2. The molecule has 0 radical (unpaired) electrons. The predicted molar refractivity (Wildman–Crippen MR) is 83.6 cm³/mol. The van der Waals surface area contributed by atoms with Gasteiger partial charge in [-0.1, -0.05) is 6.92 Å². The molecule has 2 aromatic heterocycles. The molecule has 0 unspecified atom stereocenters. The van der Waals surface area contributed by atoms with Crippen LogP contribution in [0.3, 0.4) is 0 Å². The lowest BCUT2D eigenvalue weighted by atomic mass is 10.2. The predicted octanol–water partition coefficient (Wildman–Crippen LogP) is 2.93. The molecule has 0 bridgehead atoms. The van der Waals surface area contributed by atoms with Gasteiger partial charge in [0.1, 0.15) is 5.82 Å². The van der Waals surface area contributed by atoms with Crippen molar-refractivity contribution in [2.24, 2.45) is 0 Å². The normalized spacial score (nSPS) is 10.7. The molecule has 0 saturated heterocycles. The molecule has 0 saturated carbocycles. The molecule has 0 aromatic carbocycles. The van der Waals surface area contributed by atoms with E-state index in [0.717, 1.165) is 18.7 Å². The molecular weight excluding hydrogens is 266 g/mol. The van der Waals surface area contributed by atoms with Crippen molar-refractivity contribution >= 4 is 17.4 Å². The number of carbonyl (C=O) groups excluding carboxylic acids is 1. The molecule has 0 aliphatic heterocycles. The zero-order valence-corrected chi connectivity index (χ0v) is 12.6. The van der Waals surface area contributed by atoms with Crippen LogP contribution in [0.4, 0.5) is 11.5 Å². The van der Waals surface area contributed by atoms with E-state index in [1.54, 1.807) is 29.3 Å². The molecule has 0 aliphatic carbocycles. The summed E-state index contributed by atoms with van der Waals surface area (Å²) in [7, 11) is 0. The lowest BCUT2D eigenvalue weighted by Crippen LogP contribution is -2.18. The van der Waals surface area contributed by atoms with Gasteiger partial charge in [-0.3, -0.25) is 9.78 Å². The Morgan fingerprint density at radius 3 is 2.86 bits per heavy atom. The van der Waals surface area contributed by atoms with Crippen LogP contribution in [-0.2, 0) is 0 Å². The molecule has 0 atom stereocenters. The van der Waals surface area contributed by atoms with Gasteiger partial charge in [0, 0.05) is 31.0 Å². The van der Waals surface area contributed by atoms with Crippen molar-refractivity contribution in [1.29, 1.82) is 0 Å². The summed E-state index contributed by atoms with van der Waals surface area (Å²) in [6, 6.07) is 3.78. The first-order chi connectivity index (χ1) is 10.1. The molecule has 6 heteroatoms. The van der Waals surface area contributed by atoms with Gasteiger partial charge in [-0.25, -0.2) is 4.68 Å². The number of aromatic nitrogens is 3. The summed E-state index contributed by atoms with van der Waals surface area (Å²) in [5.41, 5.74) is 1.32. The SMILES string of the molecule is CCCNc1ccncc1C(=O)Nc1ccnn1C(C)C. The lowest BCUT2D eigenvalue weighted by Gasteiger charge is -2.13. The third-order valence-electron chi connectivity index (χ3n) is 3.03. The molecule has 2 rings (SSSR count). The summed E-state index contributed by atoms with van der Waals surface area (Å²) in [4.78, 5) is 16.5. The van der Waals surface area contributed by atoms with E-state index in [0.29, 0.717) is 11.4 Å². The highest BCUT2D eigenvalue weighted by Crippen LogP contribution is 2.18. The van der Waals surface area contributed by atoms with Crippen molar-refractivity contribution in [1.82, 2.24) is 14.8 Å². The summed E-state index contributed by atoms with van der Waals surface area (Å²) >= 11 is 0. The number of nitrogens with zero attached hydrogens (tertiary/aromatic N) is 3. The van der Waals surface area contributed by atoms with Crippen LogP contribution >= 0.6 is 0 Å². The minimum absolute atomic E-state index is 0.182. The van der Waals surface area contributed by atoms with Crippen LogP contribution in [0.25, 0.3) is 0 Å². The van der Waals surface area contributed by atoms with Gasteiger partial charge in [-0.2, -0.15) is 5.10 Å². The molecular formula is C15H21N5O. The highest BCUT2D eigenvalue weighted by Gasteiger charge is 2.14. The molecule has 2 N–H and O–H groups in total. The van der Waals surface area contributed by atoms with E-state index in [9.17, 15) is 4.79 Å². The van der Waals surface area contributed by atoms with E-state index in [2.05, 4.69) is 27.6 Å². The van der Waals surface area contributed by atoms with E-state index in [1.807, 2.05) is 19.9 Å². The van der Waals surface area contributed by atoms with Crippen molar-refractivity contribution < 1.29 is 4.79 Å². The fraction of sp³-hybridized carbons (Fsp3) is 0.400. The molecule has 1 amide bonds. The Morgan fingerprint density at radius 1 is 1.33 bits per heavy atom. The Hall–Kier alpha value is -2.37. The second kappa shape index (κ2) is 6.88. The Kier molecular flexibility index (Phi) is 4.92. The van der Waals surface area contributed by atoms with Crippen LogP contribution in [0.5, 0.6) is 0 Å². The van der Waals surface area contributed by atoms with E-state index in [1.165, 1.54) is 0 Å². The highest BCUT2D eigenvalue weighted by molar-refractivity contribution is 6.07. The van der Waals surface area contributed by atoms with Crippen molar-refractivity contribution in [3.8, 4) is 0 Å². The first-order valence-corrected chi connectivity index (χ1v) is 7.16. The number of nitrogens with one attached hydrogen (secondary N) is 2. The maximum absolute atomic E-state index is 12.4. The van der Waals surface area contributed by atoms with E-state index in [-0.39, 0.29) is 11.9 Å². The van der Waals surface area contributed by atoms with Crippen LogP contribution < -0.4 is 10.6 Å². The average molecular weight is 287 g/mol. The Morgan fingerprint density at radius 2 is 2.14 bits per heavy atom. The third kappa shape index (κ3) is 3.59. The van der Waals surface area contributed by atoms with E-state index < -0.39 is 0 Å². The number of amides is 1. The Balaban J connectivity index is 2.18. The molecule has 2 aromatic rings. The maximum Gasteiger partial charge on any atom is 0.260 e. The molecule has 0 aliphatic rings. The molecule has 21 heavy (non-hydrogen) atoms. The van der Waals surface area contributed by atoms with Crippen molar-refractivity contribution in [2.75, 3.05) is 17.2 Å². The molecule has 2 heterocycles. The number of anilines is 2. The number of carbonyl (C=O) groups is 1. The third-order valence-corrected chi connectivity index (χ3v) is 3.03. The van der Waals surface area contributed by atoms with Gasteiger partial charge >= 0.3 is 0 Å². The highest BCUT2D eigenvalue weighted by atomic mass is 16.1. The van der Waals surface area contributed by atoms with Crippen LogP contribution in [0.2, 0.25) is 0 Å². The summed E-state index contributed by atoms with van der Waals surface area (Å²) in [5.74, 6) is 0.490. The van der Waals surface area contributed by atoms with E-state index >= 15 is 0 Å². The number of hydrogen-bond acceptors (Lipinski definition) is 4. The molecule has 6 nitrogen and oxygen atoms in total. The van der Waals surface area contributed by atoms with Gasteiger partial charge in [0.2, 0.25) is 0 Å². The van der Waals surface area contributed by atoms with Gasteiger partial charge in [-0.15, -0.1) is 0 Å². The largest absolute Gasteiger partial charge is 0.384 e. The summed E-state index contributed by atoms with van der Waals surface area (Å²) in [5, 5.41) is 10.3. The first-order valence-electron chi connectivity index (χ1n) is 7.16. The van der Waals surface area contributed by atoms with Crippen molar-refractivity contribution in [3.05, 3.63) is 36.3 Å². The zero-order valence-electron chi connectivity index (χ0n) is 12.6. The van der Waals surface area contributed by atoms with Crippen LogP contribution in [0, 0.1) is 0 Å². The van der Waals surface area contributed by atoms with Gasteiger partial charge in [0.25, 0.3) is 5.91 Å². The second-order valence-electron chi connectivity index (χ2n) is 5.06. The molecule has 0 spiro atoms. The lowest BCUT2D eigenvalue weighted by molar-refractivity contribution is 0.102. The van der Waals surface area contributed by atoms with E-state index in [4.69, 9.17) is 0 Å². The summed E-state index contributed by atoms with van der Waals surface area (Å²) in [6.45, 7) is 6.92. The van der Waals surface area contributed by atoms with Crippen LogP contribution in [0.15, 0.2) is 30.7 Å². The fourth-order valence-electron chi connectivity index (χ4n) is 2.00. The van der Waals surface area contributed by atoms with Crippen LogP contribution in [-0.4, -0.2) is 27.2 Å². The first kappa shape index (κ1) is 15.0. The zero-order chi connectivity index (χ0) is 15.2. The topological polar surface area (TPSA) is 71.8 Å². The minimum atomic E-state index is -0.191. The maximum atomic E-state index is 12.4. The second-order valence-corrected chi connectivity index (χ2v) is 5.06. The van der Waals surface area contributed by atoms with Gasteiger partial charge in [-0.05, 0) is 26.3 Å².